The van der Waals surface area contributed by atoms with Gasteiger partial charge in [-0.2, -0.15) is 0 Å². The standard InChI is InChI=1S/C24H32O7/c1-11(2)8-18(26)29-15-9-17(25)24(7)10-16-19(14(6)23(28)30-16)21(20(24)13(15)5)31-22(27)12(3)4/h11,15-17,19,21,25H,3,6,8-10H2,1-2,4-5,7H3/t15-,16-,17-,19-,21-,24+/m1/s1. The Balaban J connectivity index is 2.07. The van der Waals surface area contributed by atoms with Crippen LogP contribution in [-0.4, -0.2) is 47.4 Å². The molecule has 31 heavy (non-hydrogen) atoms. The van der Waals surface area contributed by atoms with Crippen molar-refractivity contribution < 1.29 is 33.7 Å². The summed E-state index contributed by atoms with van der Waals surface area (Å²) in [6.07, 6.45) is -2.08. The van der Waals surface area contributed by atoms with Crippen LogP contribution in [-0.2, 0) is 28.6 Å². The van der Waals surface area contributed by atoms with Crippen molar-refractivity contribution in [2.24, 2.45) is 17.3 Å². The summed E-state index contributed by atoms with van der Waals surface area (Å²) in [6.45, 7) is 16.6. The molecule has 0 bridgehead atoms. The van der Waals surface area contributed by atoms with Crippen LogP contribution in [0.15, 0.2) is 35.5 Å². The second kappa shape index (κ2) is 8.26. The number of esters is 3. The van der Waals surface area contributed by atoms with Gasteiger partial charge in [0.15, 0.2) is 0 Å². The molecule has 1 saturated carbocycles. The number of carbonyl (C=O) groups excluding carboxylic acids is 3. The van der Waals surface area contributed by atoms with Gasteiger partial charge >= 0.3 is 17.9 Å². The molecule has 6 atom stereocenters. The van der Waals surface area contributed by atoms with Crippen LogP contribution < -0.4 is 0 Å². The summed E-state index contributed by atoms with van der Waals surface area (Å²) < 4.78 is 17.0. The first-order valence-electron chi connectivity index (χ1n) is 10.7. The molecule has 1 N–H and O–H groups in total. The summed E-state index contributed by atoms with van der Waals surface area (Å²) >= 11 is 0. The SMILES string of the molecule is C=C(C)C(=O)O[C@H]1C2=C(C)[C@H](OC(=O)CC(C)C)C[C@@H](O)[C@]2(C)C[C@H]2OC(=O)C(=C)[C@H]21. The number of fused-ring (bicyclic) bond motifs is 2. The molecular formula is C24H32O7. The minimum absolute atomic E-state index is 0.143. The van der Waals surface area contributed by atoms with Crippen molar-refractivity contribution >= 4 is 17.9 Å². The van der Waals surface area contributed by atoms with Crippen molar-refractivity contribution in [3.8, 4) is 0 Å². The molecule has 2 aliphatic carbocycles. The Bertz CT molecular complexity index is 867. The highest BCUT2D eigenvalue weighted by molar-refractivity contribution is 5.92. The predicted octanol–water partition coefficient (Wildman–Crippen LogP) is 3.02. The summed E-state index contributed by atoms with van der Waals surface area (Å²) in [5.41, 5.74) is 1.05. The van der Waals surface area contributed by atoms with E-state index in [4.69, 9.17) is 14.2 Å². The molecule has 1 aliphatic heterocycles. The molecule has 7 heteroatoms. The zero-order valence-corrected chi connectivity index (χ0v) is 18.9. The van der Waals surface area contributed by atoms with Crippen molar-refractivity contribution in [3.63, 3.8) is 0 Å². The topological polar surface area (TPSA) is 99.1 Å². The smallest absolute Gasteiger partial charge is 0.334 e. The van der Waals surface area contributed by atoms with Gasteiger partial charge in [-0.15, -0.1) is 0 Å². The van der Waals surface area contributed by atoms with Crippen LogP contribution in [0.3, 0.4) is 0 Å². The third-order valence-electron chi connectivity index (χ3n) is 6.69. The summed E-state index contributed by atoms with van der Waals surface area (Å²) in [4.78, 5) is 37.1. The predicted molar refractivity (Wildman–Crippen MR) is 113 cm³/mol. The van der Waals surface area contributed by atoms with E-state index in [-0.39, 0.29) is 35.9 Å². The Morgan fingerprint density at radius 3 is 2.55 bits per heavy atom. The maximum atomic E-state index is 12.5. The Labute approximate surface area is 183 Å². The van der Waals surface area contributed by atoms with Crippen molar-refractivity contribution in [2.75, 3.05) is 0 Å². The fourth-order valence-electron chi connectivity index (χ4n) is 5.05. The largest absolute Gasteiger partial charge is 0.458 e. The van der Waals surface area contributed by atoms with Crippen LogP contribution in [0.25, 0.3) is 0 Å². The molecule has 7 nitrogen and oxygen atoms in total. The normalized spacial score (nSPS) is 34.7. The Kier molecular flexibility index (Phi) is 6.20. The monoisotopic (exact) mass is 432 g/mol. The molecule has 0 amide bonds. The van der Waals surface area contributed by atoms with Gasteiger partial charge in [0.2, 0.25) is 0 Å². The maximum Gasteiger partial charge on any atom is 0.334 e. The van der Waals surface area contributed by atoms with Gasteiger partial charge in [0.05, 0.1) is 12.0 Å². The van der Waals surface area contributed by atoms with E-state index in [1.165, 1.54) is 0 Å². The molecule has 3 aliphatic rings. The number of carbonyl (C=O) groups is 3. The van der Waals surface area contributed by atoms with Gasteiger partial charge in [0.25, 0.3) is 0 Å². The third-order valence-corrected chi connectivity index (χ3v) is 6.69. The summed E-state index contributed by atoms with van der Waals surface area (Å²) in [7, 11) is 0. The highest BCUT2D eigenvalue weighted by Crippen LogP contribution is 2.56. The lowest BCUT2D eigenvalue weighted by molar-refractivity contribution is -0.160. The van der Waals surface area contributed by atoms with Gasteiger partial charge < -0.3 is 19.3 Å². The van der Waals surface area contributed by atoms with Crippen LogP contribution >= 0.6 is 0 Å². The molecule has 0 aromatic heterocycles. The van der Waals surface area contributed by atoms with Crippen LogP contribution in [0.1, 0.15) is 53.9 Å². The lowest BCUT2D eigenvalue weighted by atomic mass is 9.57. The molecule has 0 aromatic carbocycles. The van der Waals surface area contributed by atoms with E-state index in [0.717, 1.165) is 5.57 Å². The van der Waals surface area contributed by atoms with E-state index in [1.54, 1.807) is 6.92 Å². The Hall–Kier alpha value is -2.41. The molecule has 170 valence electrons. The average Bonchev–Trinajstić information content (AvgIpc) is 2.92. The maximum absolute atomic E-state index is 12.5. The van der Waals surface area contributed by atoms with Crippen molar-refractivity contribution in [3.05, 3.63) is 35.5 Å². The fraction of sp³-hybridized carbons (Fsp3) is 0.625. The number of rotatable bonds is 5. The molecule has 1 heterocycles. The Morgan fingerprint density at radius 1 is 1.32 bits per heavy atom. The van der Waals surface area contributed by atoms with Crippen LogP contribution in [0.2, 0.25) is 0 Å². The van der Waals surface area contributed by atoms with E-state index >= 15 is 0 Å². The molecule has 0 aromatic rings. The number of aliphatic hydroxyl groups excluding tert-OH is 1. The zero-order chi connectivity index (χ0) is 23.2. The first-order chi connectivity index (χ1) is 14.4. The van der Waals surface area contributed by atoms with Crippen LogP contribution in [0.4, 0.5) is 0 Å². The Morgan fingerprint density at radius 2 is 1.97 bits per heavy atom. The number of hydrogen-bond acceptors (Lipinski definition) is 7. The van der Waals surface area contributed by atoms with Gasteiger partial charge in [0, 0.05) is 29.4 Å². The molecule has 0 unspecified atom stereocenters. The lowest BCUT2D eigenvalue weighted by Crippen LogP contribution is -2.55. The second-order valence-corrected chi connectivity index (χ2v) is 9.65. The van der Waals surface area contributed by atoms with Gasteiger partial charge in [0.1, 0.15) is 18.3 Å². The summed E-state index contributed by atoms with van der Waals surface area (Å²) in [5, 5.41) is 11.1. The van der Waals surface area contributed by atoms with Crippen LogP contribution in [0, 0.1) is 17.3 Å². The van der Waals surface area contributed by atoms with E-state index < -0.39 is 47.7 Å². The molecule has 0 radical (unpaired) electrons. The van der Waals surface area contributed by atoms with Gasteiger partial charge in [-0.1, -0.05) is 33.9 Å². The van der Waals surface area contributed by atoms with E-state index in [0.29, 0.717) is 12.0 Å². The van der Waals surface area contributed by atoms with E-state index in [2.05, 4.69) is 13.2 Å². The highest BCUT2D eigenvalue weighted by atomic mass is 16.6. The first kappa shape index (κ1) is 23.3. The van der Waals surface area contributed by atoms with Gasteiger partial charge in [-0.3, -0.25) is 4.79 Å². The molecule has 2 fully saturated rings. The molecule has 1 saturated heterocycles. The quantitative estimate of drug-likeness (QED) is 0.309. The van der Waals surface area contributed by atoms with E-state index in [9.17, 15) is 19.5 Å². The third kappa shape index (κ3) is 4.07. The highest BCUT2D eigenvalue weighted by Gasteiger charge is 2.60. The fourth-order valence-corrected chi connectivity index (χ4v) is 5.05. The first-order valence-corrected chi connectivity index (χ1v) is 10.7. The van der Waals surface area contributed by atoms with Gasteiger partial charge in [-0.05, 0) is 37.3 Å². The van der Waals surface area contributed by atoms with Crippen LogP contribution in [0.5, 0.6) is 0 Å². The molecule has 3 rings (SSSR count). The number of ether oxygens (including phenoxy) is 3. The lowest BCUT2D eigenvalue weighted by Gasteiger charge is -2.52. The van der Waals surface area contributed by atoms with Crippen molar-refractivity contribution in [1.29, 1.82) is 0 Å². The minimum Gasteiger partial charge on any atom is -0.458 e. The zero-order valence-electron chi connectivity index (χ0n) is 18.9. The van der Waals surface area contributed by atoms with E-state index in [1.807, 2.05) is 27.7 Å². The van der Waals surface area contributed by atoms with Crippen molar-refractivity contribution in [1.82, 2.24) is 0 Å². The average molecular weight is 433 g/mol. The van der Waals surface area contributed by atoms with Gasteiger partial charge in [-0.25, -0.2) is 9.59 Å². The second-order valence-electron chi connectivity index (χ2n) is 9.65. The minimum atomic E-state index is -0.873. The molecule has 0 spiro atoms. The molecular weight excluding hydrogens is 400 g/mol. The summed E-state index contributed by atoms with van der Waals surface area (Å²) in [5.74, 6) is -1.89. The number of aliphatic hydroxyl groups is 1. The van der Waals surface area contributed by atoms with Crippen molar-refractivity contribution in [2.45, 2.75) is 78.3 Å². The summed E-state index contributed by atoms with van der Waals surface area (Å²) in [6, 6.07) is 0. The number of hydrogen-bond donors (Lipinski definition) is 1.